The minimum atomic E-state index is -3.48. The van der Waals surface area contributed by atoms with Gasteiger partial charge in [-0.2, -0.15) is 0 Å². The summed E-state index contributed by atoms with van der Waals surface area (Å²) in [5.74, 6) is -0.189. The molecule has 3 aromatic rings. The predicted octanol–water partition coefficient (Wildman–Crippen LogP) is 3.09. The number of anilines is 1. The van der Waals surface area contributed by atoms with Gasteiger partial charge in [0, 0.05) is 25.5 Å². The molecule has 0 spiro atoms. The van der Waals surface area contributed by atoms with E-state index in [2.05, 4.69) is 30.2 Å². The molecule has 32 heavy (non-hydrogen) atoms. The number of imidazole rings is 1. The van der Waals surface area contributed by atoms with Crippen LogP contribution in [0.3, 0.4) is 0 Å². The van der Waals surface area contributed by atoms with Gasteiger partial charge >= 0.3 is 0 Å². The minimum absolute atomic E-state index is 0.0752. The Morgan fingerprint density at radius 3 is 2.75 bits per heavy atom. The number of para-hydroxylation sites is 1. The van der Waals surface area contributed by atoms with Crippen LogP contribution in [0.2, 0.25) is 0 Å². The fourth-order valence-corrected chi connectivity index (χ4v) is 6.01. The van der Waals surface area contributed by atoms with Gasteiger partial charge in [0.25, 0.3) is 0 Å². The maximum atomic E-state index is 12.7. The standard InChI is InChI=1S/C23H26N4O3S2/c1-17-6-5-9-20(18(17)2)26-14-11-25-23(26)31-16-22(28)24-12-15-32(29,30)27-13-10-19-7-3-4-8-21(19)27/h3-9,11,14H,10,12-13,15-16H2,1-2H3,(H,24,28). The second kappa shape index (κ2) is 9.38. The molecule has 0 fully saturated rings. The molecule has 0 bridgehead atoms. The van der Waals surface area contributed by atoms with Gasteiger partial charge in [-0.1, -0.05) is 42.1 Å². The van der Waals surface area contributed by atoms with Crippen molar-refractivity contribution in [3.05, 3.63) is 71.5 Å². The molecule has 1 aromatic heterocycles. The third-order valence-corrected chi connectivity index (χ3v) is 8.37. The third-order valence-electron chi connectivity index (χ3n) is 5.64. The van der Waals surface area contributed by atoms with Crippen molar-refractivity contribution >= 4 is 33.4 Å². The average molecular weight is 471 g/mol. The van der Waals surface area contributed by atoms with Crippen LogP contribution in [-0.2, 0) is 21.2 Å². The first-order chi connectivity index (χ1) is 15.4. The average Bonchev–Trinajstić information content (AvgIpc) is 3.41. The molecule has 1 aliphatic rings. The Balaban J connectivity index is 1.31. The highest BCUT2D eigenvalue weighted by Crippen LogP contribution is 2.30. The van der Waals surface area contributed by atoms with Gasteiger partial charge in [-0.05, 0) is 49.1 Å². The summed E-state index contributed by atoms with van der Waals surface area (Å²) in [4.78, 5) is 16.7. The number of carbonyl (C=O) groups is 1. The monoisotopic (exact) mass is 470 g/mol. The molecule has 9 heteroatoms. The zero-order valence-electron chi connectivity index (χ0n) is 18.1. The number of aryl methyl sites for hydroxylation is 1. The number of aromatic nitrogens is 2. The van der Waals surface area contributed by atoms with Crippen molar-refractivity contribution in [3.63, 3.8) is 0 Å². The van der Waals surface area contributed by atoms with Crippen LogP contribution in [0.25, 0.3) is 5.69 Å². The van der Waals surface area contributed by atoms with Crippen molar-refractivity contribution in [2.45, 2.75) is 25.4 Å². The van der Waals surface area contributed by atoms with E-state index < -0.39 is 10.0 Å². The quantitative estimate of drug-likeness (QED) is 0.512. The third kappa shape index (κ3) is 4.68. The highest BCUT2D eigenvalue weighted by molar-refractivity contribution is 7.99. The van der Waals surface area contributed by atoms with Gasteiger partial charge in [0.05, 0.1) is 22.9 Å². The summed E-state index contributed by atoms with van der Waals surface area (Å²) in [6, 6.07) is 13.6. The van der Waals surface area contributed by atoms with Crippen LogP contribution in [0, 0.1) is 13.8 Å². The van der Waals surface area contributed by atoms with E-state index in [4.69, 9.17) is 0 Å². The Bertz CT molecular complexity index is 1240. The number of sulfonamides is 1. The maximum absolute atomic E-state index is 12.7. The summed E-state index contributed by atoms with van der Waals surface area (Å²) in [5, 5.41) is 3.44. The van der Waals surface area contributed by atoms with Crippen LogP contribution in [0.5, 0.6) is 0 Å². The largest absolute Gasteiger partial charge is 0.354 e. The number of benzene rings is 2. The normalized spacial score (nSPS) is 13.2. The lowest BCUT2D eigenvalue weighted by molar-refractivity contribution is -0.118. The van der Waals surface area contributed by atoms with Crippen molar-refractivity contribution in [2.24, 2.45) is 0 Å². The van der Waals surface area contributed by atoms with E-state index in [1.165, 1.54) is 21.6 Å². The lowest BCUT2D eigenvalue weighted by Crippen LogP contribution is -2.37. The van der Waals surface area contributed by atoms with Gasteiger partial charge in [0.15, 0.2) is 5.16 Å². The molecule has 2 aromatic carbocycles. The number of thioether (sulfide) groups is 1. The smallest absolute Gasteiger partial charge is 0.236 e. The Labute approximate surface area is 192 Å². The highest BCUT2D eigenvalue weighted by Gasteiger charge is 2.28. The number of hydrogen-bond donors (Lipinski definition) is 1. The van der Waals surface area contributed by atoms with Crippen molar-refractivity contribution < 1.29 is 13.2 Å². The number of nitrogens with one attached hydrogen (secondary N) is 1. The molecule has 1 N–H and O–H groups in total. The summed E-state index contributed by atoms with van der Waals surface area (Å²) in [5.41, 5.74) is 5.16. The molecule has 0 saturated heterocycles. The summed E-state index contributed by atoms with van der Waals surface area (Å²) in [7, 11) is -3.48. The Morgan fingerprint density at radius 1 is 1.12 bits per heavy atom. The minimum Gasteiger partial charge on any atom is -0.354 e. The highest BCUT2D eigenvalue weighted by atomic mass is 32.2. The zero-order valence-corrected chi connectivity index (χ0v) is 19.7. The van der Waals surface area contributed by atoms with E-state index in [0.717, 1.165) is 27.7 Å². The van der Waals surface area contributed by atoms with Crippen molar-refractivity contribution in [3.8, 4) is 5.69 Å². The fourth-order valence-electron chi connectivity index (χ4n) is 3.78. The number of rotatable bonds is 8. The summed E-state index contributed by atoms with van der Waals surface area (Å²) < 4.78 is 28.9. The van der Waals surface area contributed by atoms with Gasteiger partial charge in [-0.3, -0.25) is 13.7 Å². The van der Waals surface area contributed by atoms with Crippen LogP contribution < -0.4 is 9.62 Å². The lowest BCUT2D eigenvalue weighted by atomic mass is 10.1. The predicted molar refractivity (Wildman–Crippen MR) is 128 cm³/mol. The molecule has 1 aliphatic heterocycles. The molecule has 0 saturated carbocycles. The summed E-state index contributed by atoms with van der Waals surface area (Å²) in [6.45, 7) is 4.65. The molecular formula is C23H26N4O3S2. The number of nitrogens with zero attached hydrogens (tertiary/aromatic N) is 3. The number of hydrogen-bond acceptors (Lipinski definition) is 5. The van der Waals surface area contributed by atoms with E-state index >= 15 is 0 Å². The summed E-state index contributed by atoms with van der Waals surface area (Å²) in [6.07, 6.45) is 4.30. The van der Waals surface area contributed by atoms with E-state index in [9.17, 15) is 13.2 Å². The Hall–Kier alpha value is -2.78. The Kier molecular flexibility index (Phi) is 6.57. The molecule has 4 rings (SSSR count). The number of carbonyl (C=O) groups excluding carboxylic acids is 1. The van der Waals surface area contributed by atoms with Crippen LogP contribution in [0.15, 0.2) is 60.0 Å². The topological polar surface area (TPSA) is 84.3 Å². The SMILES string of the molecule is Cc1cccc(-n2ccnc2SCC(=O)NCCS(=O)(=O)N2CCc3ccccc32)c1C. The van der Waals surface area contributed by atoms with Crippen LogP contribution in [-0.4, -0.2) is 48.5 Å². The van der Waals surface area contributed by atoms with Gasteiger partial charge in [-0.25, -0.2) is 13.4 Å². The Morgan fingerprint density at radius 2 is 1.91 bits per heavy atom. The van der Waals surface area contributed by atoms with E-state index in [0.29, 0.717) is 13.0 Å². The van der Waals surface area contributed by atoms with Crippen molar-refractivity contribution in [2.75, 3.05) is 28.9 Å². The first-order valence-corrected chi connectivity index (χ1v) is 13.0. The lowest BCUT2D eigenvalue weighted by Gasteiger charge is -2.19. The van der Waals surface area contributed by atoms with Gasteiger partial charge < -0.3 is 5.32 Å². The second-order valence-electron chi connectivity index (χ2n) is 7.70. The van der Waals surface area contributed by atoms with Gasteiger partial charge in [0.2, 0.25) is 15.9 Å². The molecule has 0 unspecified atom stereocenters. The molecule has 7 nitrogen and oxygen atoms in total. The summed E-state index contributed by atoms with van der Waals surface area (Å²) >= 11 is 1.33. The zero-order chi connectivity index (χ0) is 22.7. The molecule has 168 valence electrons. The maximum Gasteiger partial charge on any atom is 0.236 e. The number of fused-ring (bicyclic) bond motifs is 1. The first kappa shape index (κ1) is 22.4. The molecular weight excluding hydrogens is 444 g/mol. The van der Waals surface area contributed by atoms with Crippen LogP contribution in [0.4, 0.5) is 5.69 Å². The second-order valence-corrected chi connectivity index (χ2v) is 10.7. The van der Waals surface area contributed by atoms with Crippen molar-refractivity contribution in [1.82, 2.24) is 14.9 Å². The molecule has 1 amide bonds. The van der Waals surface area contributed by atoms with Gasteiger partial charge in [-0.15, -0.1) is 0 Å². The van der Waals surface area contributed by atoms with E-state index in [-0.39, 0.29) is 24.0 Å². The molecule has 0 aliphatic carbocycles. The molecule has 0 atom stereocenters. The molecule has 0 radical (unpaired) electrons. The number of amides is 1. The van der Waals surface area contributed by atoms with Gasteiger partial charge in [0.1, 0.15) is 0 Å². The first-order valence-electron chi connectivity index (χ1n) is 10.4. The van der Waals surface area contributed by atoms with Crippen molar-refractivity contribution in [1.29, 1.82) is 0 Å². The van der Waals surface area contributed by atoms with E-state index in [1.54, 1.807) is 6.20 Å². The molecule has 2 heterocycles. The van der Waals surface area contributed by atoms with Crippen LogP contribution in [0.1, 0.15) is 16.7 Å². The van der Waals surface area contributed by atoms with Crippen LogP contribution >= 0.6 is 11.8 Å². The van der Waals surface area contributed by atoms with E-state index in [1.807, 2.05) is 47.2 Å². The fraction of sp³-hybridized carbons (Fsp3) is 0.304.